The highest BCUT2D eigenvalue weighted by Crippen LogP contribution is 2.33. The van der Waals surface area contributed by atoms with Crippen molar-refractivity contribution in [1.29, 1.82) is 0 Å². The topological polar surface area (TPSA) is 116 Å². The Bertz CT molecular complexity index is 424. The van der Waals surface area contributed by atoms with E-state index in [0.717, 1.165) is 37.9 Å². The number of nitrogens with one attached hydrogen (secondary N) is 3. The minimum atomic E-state index is -0.753. The van der Waals surface area contributed by atoms with Crippen LogP contribution in [0.15, 0.2) is 0 Å². The number of carbonyl (C=O) groups excluding carboxylic acids is 1. The van der Waals surface area contributed by atoms with E-state index in [1.165, 1.54) is 0 Å². The van der Waals surface area contributed by atoms with Gasteiger partial charge in [-0.05, 0) is 25.7 Å². The average Bonchev–Trinajstić information content (AvgIpc) is 3.06. The van der Waals surface area contributed by atoms with Gasteiger partial charge in [0.15, 0.2) is 0 Å². The SMILES string of the molecule is NC1N[C@H]2[C@H](CS[C@H]2CCCCC(=O)NCCCCCC(=O)O)N1. The van der Waals surface area contributed by atoms with Crippen LogP contribution in [0.1, 0.15) is 51.4 Å². The molecule has 6 N–H and O–H groups in total. The van der Waals surface area contributed by atoms with Crippen molar-refractivity contribution >= 4 is 23.6 Å². The fourth-order valence-corrected chi connectivity index (χ4v) is 4.91. The fraction of sp³-hybridized carbons (Fsp3) is 0.875. The molecule has 2 fully saturated rings. The number of aliphatic carboxylic acids is 1. The number of rotatable bonds is 11. The molecule has 0 bridgehead atoms. The van der Waals surface area contributed by atoms with Gasteiger partial charge in [0, 0.05) is 42.5 Å². The molecule has 1 unspecified atom stereocenters. The Balaban J connectivity index is 1.44. The Hall–Kier alpha value is -0.830. The normalized spacial score (nSPS) is 28.7. The summed E-state index contributed by atoms with van der Waals surface area (Å²) < 4.78 is 0. The summed E-state index contributed by atoms with van der Waals surface area (Å²) in [6, 6.07) is 0.948. The predicted octanol–water partition coefficient (Wildman–Crippen LogP) is 0.596. The van der Waals surface area contributed by atoms with Crippen LogP contribution in [0.5, 0.6) is 0 Å². The summed E-state index contributed by atoms with van der Waals surface area (Å²) in [6.07, 6.45) is 6.18. The van der Waals surface area contributed by atoms with Crippen LogP contribution in [0, 0.1) is 0 Å². The molecule has 0 saturated carbocycles. The molecule has 1 amide bonds. The van der Waals surface area contributed by atoms with Crippen molar-refractivity contribution in [1.82, 2.24) is 16.0 Å². The summed E-state index contributed by atoms with van der Waals surface area (Å²) in [4.78, 5) is 22.1. The summed E-state index contributed by atoms with van der Waals surface area (Å²) >= 11 is 2.00. The minimum Gasteiger partial charge on any atom is -0.481 e. The molecule has 0 radical (unpaired) electrons. The molecular formula is C16H30N4O3S. The monoisotopic (exact) mass is 358 g/mol. The van der Waals surface area contributed by atoms with Crippen molar-refractivity contribution in [2.45, 2.75) is 75.0 Å². The molecule has 138 valence electrons. The van der Waals surface area contributed by atoms with Gasteiger partial charge in [-0.25, -0.2) is 0 Å². The van der Waals surface area contributed by atoms with Gasteiger partial charge in [-0.15, -0.1) is 0 Å². The minimum absolute atomic E-state index is 0.0790. The molecule has 0 aromatic heterocycles. The molecule has 7 nitrogen and oxygen atoms in total. The number of carboxylic acid groups (broad SMARTS) is 1. The molecular weight excluding hydrogens is 328 g/mol. The molecule has 0 aliphatic carbocycles. The van der Waals surface area contributed by atoms with Gasteiger partial charge < -0.3 is 16.2 Å². The molecule has 2 heterocycles. The van der Waals surface area contributed by atoms with Gasteiger partial charge in [0.2, 0.25) is 5.91 Å². The summed E-state index contributed by atoms with van der Waals surface area (Å²) in [6.45, 7) is 0.647. The van der Waals surface area contributed by atoms with Crippen molar-refractivity contribution < 1.29 is 14.7 Å². The molecule has 2 rings (SSSR count). The van der Waals surface area contributed by atoms with Crippen molar-refractivity contribution in [2.75, 3.05) is 12.3 Å². The summed E-state index contributed by atoms with van der Waals surface area (Å²) in [5.74, 6) is 0.461. The van der Waals surface area contributed by atoms with Gasteiger partial charge in [-0.1, -0.05) is 12.8 Å². The molecule has 2 saturated heterocycles. The highest BCUT2D eigenvalue weighted by Gasteiger charge is 2.41. The molecule has 2 aliphatic heterocycles. The van der Waals surface area contributed by atoms with Gasteiger partial charge in [0.25, 0.3) is 0 Å². The van der Waals surface area contributed by atoms with Crippen LogP contribution in [0.4, 0.5) is 0 Å². The number of nitrogens with two attached hydrogens (primary N) is 1. The van der Waals surface area contributed by atoms with E-state index in [9.17, 15) is 9.59 Å². The lowest BCUT2D eigenvalue weighted by atomic mass is 10.0. The Labute approximate surface area is 147 Å². The smallest absolute Gasteiger partial charge is 0.303 e. The Morgan fingerprint density at radius 3 is 2.71 bits per heavy atom. The standard InChI is InChI=1S/C16H30N4O3S/c17-16-19-11-10-24-12(15(11)20-16)6-3-4-7-13(21)18-9-5-1-2-8-14(22)23/h11-12,15-16,19-20H,1-10,17H2,(H,18,21)(H,22,23)/t11-,12-,15-,16?/m0/s1. The summed E-state index contributed by atoms with van der Waals surface area (Å²) in [7, 11) is 0. The number of hydrogen-bond acceptors (Lipinski definition) is 6. The maximum absolute atomic E-state index is 11.8. The third-order valence-electron chi connectivity index (χ3n) is 4.62. The van der Waals surface area contributed by atoms with Gasteiger partial charge in [-0.3, -0.25) is 20.2 Å². The van der Waals surface area contributed by atoms with Crippen LogP contribution in [0.25, 0.3) is 0 Å². The number of fused-ring (bicyclic) bond motifs is 1. The van der Waals surface area contributed by atoms with Crippen LogP contribution in [0.2, 0.25) is 0 Å². The van der Waals surface area contributed by atoms with E-state index in [1.54, 1.807) is 0 Å². The Kier molecular flexibility index (Phi) is 8.31. The molecule has 4 atom stereocenters. The second-order valence-corrected chi connectivity index (χ2v) is 7.89. The van der Waals surface area contributed by atoms with Crippen molar-refractivity contribution in [2.24, 2.45) is 5.73 Å². The molecule has 24 heavy (non-hydrogen) atoms. The first-order valence-corrected chi connectivity index (χ1v) is 9.99. The second-order valence-electron chi connectivity index (χ2n) is 6.62. The van der Waals surface area contributed by atoms with Crippen molar-refractivity contribution in [3.63, 3.8) is 0 Å². The van der Waals surface area contributed by atoms with E-state index in [2.05, 4.69) is 16.0 Å². The number of carbonyl (C=O) groups is 2. The first-order valence-electron chi connectivity index (χ1n) is 8.94. The van der Waals surface area contributed by atoms with Gasteiger partial charge in [0.05, 0.1) is 0 Å². The largest absolute Gasteiger partial charge is 0.481 e. The lowest BCUT2D eigenvalue weighted by Crippen LogP contribution is -2.43. The van der Waals surface area contributed by atoms with E-state index in [-0.39, 0.29) is 18.6 Å². The van der Waals surface area contributed by atoms with Crippen LogP contribution >= 0.6 is 11.8 Å². The summed E-state index contributed by atoms with van der Waals surface area (Å²) in [5, 5.41) is 18.8. The zero-order valence-electron chi connectivity index (χ0n) is 14.1. The fourth-order valence-electron chi connectivity index (χ4n) is 3.34. The number of unbranched alkanes of at least 4 members (excludes halogenated alkanes) is 3. The second kappa shape index (κ2) is 10.2. The zero-order chi connectivity index (χ0) is 17.4. The van der Waals surface area contributed by atoms with E-state index in [4.69, 9.17) is 10.8 Å². The van der Waals surface area contributed by atoms with E-state index >= 15 is 0 Å². The lowest BCUT2D eigenvalue weighted by Gasteiger charge is -2.17. The van der Waals surface area contributed by atoms with Gasteiger partial charge >= 0.3 is 5.97 Å². The van der Waals surface area contributed by atoms with Crippen LogP contribution in [-0.4, -0.2) is 52.9 Å². The molecule has 0 aromatic rings. The molecule has 0 aromatic carbocycles. The van der Waals surface area contributed by atoms with Crippen LogP contribution in [-0.2, 0) is 9.59 Å². The number of amides is 1. The lowest BCUT2D eigenvalue weighted by molar-refractivity contribution is -0.137. The zero-order valence-corrected chi connectivity index (χ0v) is 14.9. The third kappa shape index (κ3) is 6.58. The van der Waals surface area contributed by atoms with Gasteiger partial charge in [-0.2, -0.15) is 11.8 Å². The maximum atomic E-state index is 11.8. The van der Waals surface area contributed by atoms with Crippen molar-refractivity contribution in [3.05, 3.63) is 0 Å². The van der Waals surface area contributed by atoms with Crippen LogP contribution < -0.4 is 21.7 Å². The number of carboxylic acids is 1. The highest BCUT2D eigenvalue weighted by atomic mass is 32.2. The first kappa shape index (κ1) is 19.5. The molecule has 0 spiro atoms. The molecule has 2 aliphatic rings. The number of hydrogen-bond donors (Lipinski definition) is 5. The van der Waals surface area contributed by atoms with E-state index in [0.29, 0.717) is 36.7 Å². The quantitative estimate of drug-likeness (QED) is 0.343. The van der Waals surface area contributed by atoms with E-state index in [1.807, 2.05) is 11.8 Å². The number of thioether (sulfide) groups is 1. The highest BCUT2D eigenvalue weighted by molar-refractivity contribution is 8.00. The predicted molar refractivity (Wildman–Crippen MR) is 95.7 cm³/mol. The molecule has 8 heteroatoms. The van der Waals surface area contributed by atoms with Crippen LogP contribution in [0.3, 0.4) is 0 Å². The maximum Gasteiger partial charge on any atom is 0.303 e. The van der Waals surface area contributed by atoms with E-state index < -0.39 is 5.97 Å². The Morgan fingerprint density at radius 1 is 1.12 bits per heavy atom. The Morgan fingerprint density at radius 2 is 1.92 bits per heavy atom. The average molecular weight is 359 g/mol. The summed E-state index contributed by atoms with van der Waals surface area (Å²) in [5.41, 5.74) is 5.86. The van der Waals surface area contributed by atoms with Crippen molar-refractivity contribution in [3.8, 4) is 0 Å². The first-order chi connectivity index (χ1) is 11.6. The third-order valence-corrected chi connectivity index (χ3v) is 6.13. The van der Waals surface area contributed by atoms with Gasteiger partial charge in [0.1, 0.15) is 6.29 Å².